The van der Waals surface area contributed by atoms with Crippen LogP contribution in [0, 0.1) is 5.92 Å². The van der Waals surface area contributed by atoms with Gasteiger partial charge in [0.15, 0.2) is 0 Å². The van der Waals surface area contributed by atoms with Crippen molar-refractivity contribution >= 4 is 11.5 Å². The second-order valence-electron chi connectivity index (χ2n) is 6.10. The Kier molecular flexibility index (Phi) is 5.67. The van der Waals surface area contributed by atoms with Crippen molar-refractivity contribution in [1.29, 1.82) is 0 Å². The van der Waals surface area contributed by atoms with Gasteiger partial charge in [0.25, 0.3) is 0 Å². The third-order valence-electron chi connectivity index (χ3n) is 3.87. The Morgan fingerprint density at radius 3 is 3.00 bits per heavy atom. The van der Waals surface area contributed by atoms with E-state index < -0.39 is 0 Å². The maximum atomic E-state index is 5.91. The zero-order valence-electron chi connectivity index (χ0n) is 13.4. The summed E-state index contributed by atoms with van der Waals surface area (Å²) in [6, 6.07) is 4.38. The maximum absolute atomic E-state index is 5.91. The molecule has 118 valence electrons. The normalized spacial score (nSPS) is 19.1. The smallest absolute Gasteiger partial charge is 0.239 e. The van der Waals surface area contributed by atoms with Crippen LogP contribution in [0.5, 0.6) is 5.88 Å². The molecule has 1 aliphatic rings. The third kappa shape index (κ3) is 4.49. The van der Waals surface area contributed by atoms with E-state index in [-0.39, 0.29) is 0 Å². The third-order valence-corrected chi connectivity index (χ3v) is 3.87. The number of hydrogen-bond donors (Lipinski definition) is 2. The predicted octanol–water partition coefficient (Wildman–Crippen LogP) is 2.59. The highest BCUT2D eigenvalue weighted by atomic mass is 16.5. The lowest BCUT2D eigenvalue weighted by molar-refractivity contribution is 0.263. The number of pyridine rings is 1. The minimum absolute atomic E-state index is 0.458. The van der Waals surface area contributed by atoms with Crippen molar-refractivity contribution in [2.45, 2.75) is 39.7 Å². The number of nitrogens with one attached hydrogen (secondary N) is 1. The first-order chi connectivity index (χ1) is 10.1. The van der Waals surface area contributed by atoms with Crippen molar-refractivity contribution in [2.24, 2.45) is 5.92 Å². The molecule has 0 amide bonds. The molecule has 0 spiro atoms. The Balaban J connectivity index is 1.92. The fourth-order valence-electron chi connectivity index (χ4n) is 2.68. The van der Waals surface area contributed by atoms with E-state index in [1.807, 2.05) is 12.1 Å². The van der Waals surface area contributed by atoms with E-state index in [9.17, 15) is 0 Å². The zero-order valence-corrected chi connectivity index (χ0v) is 13.4. The Morgan fingerprint density at radius 2 is 2.29 bits per heavy atom. The van der Waals surface area contributed by atoms with Crippen molar-refractivity contribution in [1.82, 2.24) is 9.88 Å². The standard InChI is InChI=1S/C16H28N4O/c1-4-20-9-5-6-13(20)10-18-15-8-7-14(17)16(19-15)21-11-12(2)3/h7-8,12-13H,4-6,9-11,17H2,1-3H3,(H,18,19). The molecule has 1 atom stereocenters. The number of nitrogen functional groups attached to an aromatic ring is 1. The number of nitrogens with zero attached hydrogens (tertiary/aromatic N) is 2. The van der Waals surface area contributed by atoms with E-state index in [0.717, 1.165) is 18.9 Å². The van der Waals surface area contributed by atoms with Gasteiger partial charge in [0.05, 0.1) is 12.3 Å². The number of anilines is 2. The molecule has 1 saturated heterocycles. The topological polar surface area (TPSA) is 63.4 Å². The first kappa shape index (κ1) is 15.9. The quantitative estimate of drug-likeness (QED) is 0.809. The van der Waals surface area contributed by atoms with Gasteiger partial charge in [-0.2, -0.15) is 4.98 Å². The monoisotopic (exact) mass is 292 g/mol. The molecule has 1 aromatic heterocycles. The summed E-state index contributed by atoms with van der Waals surface area (Å²) in [6.45, 7) is 10.3. The summed E-state index contributed by atoms with van der Waals surface area (Å²) in [5.41, 5.74) is 6.51. The van der Waals surface area contributed by atoms with Crippen LogP contribution < -0.4 is 15.8 Å². The summed E-state index contributed by atoms with van der Waals surface area (Å²) in [4.78, 5) is 6.99. The van der Waals surface area contributed by atoms with Crippen LogP contribution in [-0.2, 0) is 0 Å². The van der Waals surface area contributed by atoms with Gasteiger partial charge in [0, 0.05) is 12.6 Å². The van der Waals surface area contributed by atoms with Crippen LogP contribution in [0.4, 0.5) is 11.5 Å². The molecule has 5 nitrogen and oxygen atoms in total. The SMILES string of the molecule is CCN1CCCC1CNc1ccc(N)c(OCC(C)C)n1. The largest absolute Gasteiger partial charge is 0.476 e. The van der Waals surface area contributed by atoms with E-state index in [4.69, 9.17) is 10.5 Å². The highest BCUT2D eigenvalue weighted by molar-refractivity contribution is 5.53. The van der Waals surface area contributed by atoms with Gasteiger partial charge >= 0.3 is 0 Å². The van der Waals surface area contributed by atoms with Crippen LogP contribution in [0.2, 0.25) is 0 Å². The molecule has 3 N–H and O–H groups in total. The second-order valence-corrected chi connectivity index (χ2v) is 6.10. The van der Waals surface area contributed by atoms with Crippen molar-refractivity contribution in [3.05, 3.63) is 12.1 Å². The Labute approximate surface area is 127 Å². The second kappa shape index (κ2) is 7.50. The van der Waals surface area contributed by atoms with Gasteiger partial charge in [-0.25, -0.2) is 0 Å². The molecule has 0 aromatic carbocycles. The molecular weight excluding hydrogens is 264 g/mol. The average Bonchev–Trinajstić information content (AvgIpc) is 2.92. The molecule has 21 heavy (non-hydrogen) atoms. The Bertz CT molecular complexity index is 450. The molecule has 1 fully saturated rings. The van der Waals surface area contributed by atoms with Crippen LogP contribution in [-0.4, -0.2) is 42.2 Å². The van der Waals surface area contributed by atoms with Crippen LogP contribution in [0.3, 0.4) is 0 Å². The lowest BCUT2D eigenvalue weighted by atomic mass is 10.2. The van der Waals surface area contributed by atoms with Gasteiger partial charge in [-0.15, -0.1) is 0 Å². The van der Waals surface area contributed by atoms with Crippen LogP contribution in [0.25, 0.3) is 0 Å². The predicted molar refractivity (Wildman–Crippen MR) is 87.7 cm³/mol. The Hall–Kier alpha value is -1.49. The summed E-state index contributed by atoms with van der Waals surface area (Å²) in [7, 11) is 0. The number of aromatic nitrogens is 1. The van der Waals surface area contributed by atoms with E-state index >= 15 is 0 Å². The van der Waals surface area contributed by atoms with Crippen molar-refractivity contribution in [3.8, 4) is 5.88 Å². The zero-order chi connectivity index (χ0) is 15.2. The molecule has 2 heterocycles. The van der Waals surface area contributed by atoms with Gasteiger partial charge < -0.3 is 15.8 Å². The average molecular weight is 292 g/mol. The summed E-state index contributed by atoms with van der Waals surface area (Å²) >= 11 is 0. The number of nitrogens with two attached hydrogens (primary N) is 1. The Morgan fingerprint density at radius 1 is 1.48 bits per heavy atom. The van der Waals surface area contributed by atoms with Crippen molar-refractivity contribution in [3.63, 3.8) is 0 Å². The fourth-order valence-corrected chi connectivity index (χ4v) is 2.68. The minimum atomic E-state index is 0.458. The molecule has 0 saturated carbocycles. The van der Waals surface area contributed by atoms with E-state index in [1.54, 1.807) is 0 Å². The lowest BCUT2D eigenvalue weighted by Crippen LogP contribution is -2.34. The van der Waals surface area contributed by atoms with Gasteiger partial charge in [-0.3, -0.25) is 4.90 Å². The number of likely N-dealkylation sites (N-methyl/N-ethyl adjacent to an activating group) is 1. The summed E-state index contributed by atoms with van der Waals surface area (Å²) in [6.07, 6.45) is 2.55. The number of likely N-dealkylation sites (tertiary alicyclic amines) is 1. The molecule has 0 aliphatic carbocycles. The molecule has 2 rings (SSSR count). The molecule has 1 aliphatic heterocycles. The molecule has 1 unspecified atom stereocenters. The van der Waals surface area contributed by atoms with Crippen molar-refractivity contribution < 1.29 is 4.74 Å². The molecule has 0 radical (unpaired) electrons. The van der Waals surface area contributed by atoms with E-state index in [2.05, 4.69) is 36.0 Å². The number of ether oxygens (including phenoxy) is 1. The van der Waals surface area contributed by atoms with Crippen LogP contribution in [0.15, 0.2) is 12.1 Å². The van der Waals surface area contributed by atoms with Gasteiger partial charge in [-0.05, 0) is 44.0 Å². The highest BCUT2D eigenvalue weighted by Gasteiger charge is 2.22. The first-order valence-corrected chi connectivity index (χ1v) is 7.97. The first-order valence-electron chi connectivity index (χ1n) is 7.97. The molecule has 0 bridgehead atoms. The number of rotatable bonds is 7. The summed E-state index contributed by atoms with van der Waals surface area (Å²) in [5.74, 6) is 1.83. The lowest BCUT2D eigenvalue weighted by Gasteiger charge is -2.23. The van der Waals surface area contributed by atoms with E-state index in [1.165, 1.54) is 19.4 Å². The molecular formula is C16H28N4O. The fraction of sp³-hybridized carbons (Fsp3) is 0.688. The molecule has 1 aromatic rings. The number of hydrogen-bond acceptors (Lipinski definition) is 5. The van der Waals surface area contributed by atoms with Crippen LogP contribution in [0.1, 0.15) is 33.6 Å². The molecule has 5 heteroatoms. The van der Waals surface area contributed by atoms with Crippen molar-refractivity contribution in [2.75, 3.05) is 37.3 Å². The maximum Gasteiger partial charge on any atom is 0.239 e. The van der Waals surface area contributed by atoms with Crippen LogP contribution >= 0.6 is 0 Å². The van der Waals surface area contributed by atoms with Gasteiger partial charge in [0.1, 0.15) is 5.82 Å². The van der Waals surface area contributed by atoms with Gasteiger partial charge in [0.2, 0.25) is 5.88 Å². The summed E-state index contributed by atoms with van der Waals surface area (Å²) < 4.78 is 5.67. The summed E-state index contributed by atoms with van der Waals surface area (Å²) in [5, 5.41) is 3.42. The highest BCUT2D eigenvalue weighted by Crippen LogP contribution is 2.22. The minimum Gasteiger partial charge on any atom is -0.476 e. The van der Waals surface area contributed by atoms with Gasteiger partial charge in [-0.1, -0.05) is 20.8 Å². The van der Waals surface area contributed by atoms with E-state index in [0.29, 0.717) is 30.1 Å².